The van der Waals surface area contributed by atoms with Crippen molar-refractivity contribution in [1.82, 2.24) is 47.3 Å². The normalized spacial score (nSPS) is 28.1. The minimum atomic E-state index is -4.89. The lowest BCUT2D eigenvalue weighted by atomic mass is 9.54. The second-order valence-corrected chi connectivity index (χ2v) is 32.7. The van der Waals surface area contributed by atoms with E-state index in [2.05, 4.69) is 42.5 Å². The molecule has 19 N–H and O–H groups in total. The summed E-state index contributed by atoms with van der Waals surface area (Å²) in [4.78, 5) is 123. The number of nitrogens with two attached hydrogens (primary N) is 1. The van der Waals surface area contributed by atoms with Gasteiger partial charge in [-0.05, 0) is 194 Å². The number of halogens is 1. The summed E-state index contributed by atoms with van der Waals surface area (Å²) in [5.74, 6) is -13.2. The molecule has 10 aliphatic rings. The number of phenols is 3. The second-order valence-electron chi connectivity index (χ2n) is 30.6. The molecule has 1 saturated heterocycles. The molecule has 6 heterocycles. The monoisotopic (exact) mass is 1630 g/mol. The third-order valence-corrected chi connectivity index (χ3v) is 23.8. The lowest BCUT2D eigenvalue weighted by molar-refractivity contribution is -0.270. The van der Waals surface area contributed by atoms with Crippen molar-refractivity contribution in [3.8, 4) is 62.9 Å². The fourth-order valence-electron chi connectivity index (χ4n) is 16.6. The van der Waals surface area contributed by atoms with Gasteiger partial charge < -0.3 is 118 Å². The number of phenolic OH excluding ortho intramolecular Hbond substituents is 3. The van der Waals surface area contributed by atoms with Crippen molar-refractivity contribution >= 4 is 68.9 Å². The molecule has 0 unspecified atom stereocenters. The summed E-state index contributed by atoms with van der Waals surface area (Å²) in [5.41, 5.74) is 4.05. The van der Waals surface area contributed by atoms with Crippen molar-refractivity contribution in [3.05, 3.63) is 142 Å². The Hall–Kier alpha value is -10.4. The minimum Gasteiger partial charge on any atom is -0.508 e. The van der Waals surface area contributed by atoms with Crippen molar-refractivity contribution in [2.24, 2.45) is 35.3 Å². The zero-order valence-corrected chi connectivity index (χ0v) is 64.5. The first kappa shape index (κ1) is 82.5. The lowest BCUT2D eigenvalue weighted by Gasteiger charge is -2.54. The Morgan fingerprint density at radius 2 is 1.29 bits per heavy atom. The predicted octanol–water partition coefficient (Wildman–Crippen LogP) is 2.39. The van der Waals surface area contributed by atoms with E-state index in [9.17, 15) is 58.9 Å². The number of hydrogen-bond donors (Lipinski definition) is 18. The number of aromatic hydroxyl groups is 3. The Morgan fingerprint density at radius 1 is 0.652 bits per heavy atom. The first-order valence-corrected chi connectivity index (χ1v) is 39.5. The van der Waals surface area contributed by atoms with Gasteiger partial charge in [0.2, 0.25) is 59.3 Å². The van der Waals surface area contributed by atoms with Crippen molar-refractivity contribution in [2.75, 3.05) is 33.9 Å². The summed E-state index contributed by atoms with van der Waals surface area (Å²) in [6.45, 7) is 4.93. The highest BCUT2D eigenvalue weighted by atomic mass is 35.5. The maximum Gasteiger partial charge on any atom is 0.264 e. The van der Waals surface area contributed by atoms with Crippen LogP contribution in [-0.2, 0) is 57.9 Å². The Kier molecular flexibility index (Phi) is 24.5. The van der Waals surface area contributed by atoms with E-state index in [4.69, 9.17) is 45.8 Å². The summed E-state index contributed by atoms with van der Waals surface area (Å²) >= 11 is 7.17. The van der Waals surface area contributed by atoms with Gasteiger partial charge in [0.05, 0.1) is 29.0 Å². The van der Waals surface area contributed by atoms with Gasteiger partial charge in [-0.3, -0.25) is 38.4 Å². The SMILES string of the molecule is CN[C@H](CC(C)C)C(=O)N[C@H]1C(=O)N[C@@H](CC(=O)NS(=O)(=O)c2ccc(OCCOC)cc2)C(=O)N[C@H]2C(=O)N[C@H]3C(=O)N[C@H](C(=O)N[C@H](C(=O)NC4C5CC6CC(C5)CC4C6)c4cc(O)cc(O)c4-c4cc3ccc4O)[C@H](O)c3ccc(c(Cl)c3)Oc3cc2cc(c3O[C@@H]2O[C@H](CN)[C@@H](O)[C@H](O)[C@H]2O)Oc2ccc(cc2C)[C@H]1O. The van der Waals surface area contributed by atoms with E-state index in [1.807, 2.05) is 18.6 Å². The van der Waals surface area contributed by atoms with Gasteiger partial charge in [0, 0.05) is 36.9 Å². The summed E-state index contributed by atoms with van der Waals surface area (Å²) in [5, 5.41) is 116. The fourth-order valence-corrected chi connectivity index (χ4v) is 17.8. The number of likely N-dealkylation sites (N-methyl/N-ethyl adjacent to an activating group) is 1. The van der Waals surface area contributed by atoms with E-state index in [0.29, 0.717) is 11.8 Å². The Morgan fingerprint density at radius 3 is 1.93 bits per heavy atom. The molecule has 14 atom stereocenters. The van der Waals surface area contributed by atoms with Gasteiger partial charge in [-0.15, -0.1) is 0 Å². The quantitative estimate of drug-likeness (QED) is 0.0549. The third-order valence-electron chi connectivity index (χ3n) is 22.2. The third kappa shape index (κ3) is 17.6. The number of fused-ring (bicyclic) bond motifs is 15. The zero-order valence-electron chi connectivity index (χ0n) is 62.9. The molecule has 6 aromatic carbocycles. The van der Waals surface area contributed by atoms with Crippen LogP contribution in [0.3, 0.4) is 0 Å². The number of carbonyl (C=O) groups excluding carboxylic acids is 8. The van der Waals surface area contributed by atoms with Crippen LogP contribution in [0.1, 0.15) is 123 Å². The van der Waals surface area contributed by atoms with Crippen molar-refractivity contribution in [3.63, 3.8) is 0 Å². The van der Waals surface area contributed by atoms with Gasteiger partial charge >= 0.3 is 0 Å². The molecule has 36 heteroatoms. The number of ether oxygens (including phenoxy) is 6. The summed E-state index contributed by atoms with van der Waals surface area (Å²) < 4.78 is 66.6. The number of hydrogen-bond acceptors (Lipinski definition) is 26. The summed E-state index contributed by atoms with van der Waals surface area (Å²) in [6, 6.07) is 5.05. The number of aryl methyl sites for hydroxylation is 1. The molecule has 6 aromatic rings. The molecule has 115 heavy (non-hydrogen) atoms. The molecule has 0 radical (unpaired) electrons. The molecule has 5 fully saturated rings. The van der Waals surface area contributed by atoms with Crippen LogP contribution < -0.4 is 71.9 Å². The van der Waals surface area contributed by atoms with Crippen LogP contribution in [0, 0.1) is 36.5 Å². The molecule has 16 rings (SSSR count). The molecule has 15 bridgehead atoms. The van der Waals surface area contributed by atoms with E-state index >= 15 is 28.8 Å². The maximum absolute atomic E-state index is 16.4. The van der Waals surface area contributed by atoms with Gasteiger partial charge in [-0.1, -0.05) is 43.6 Å². The summed E-state index contributed by atoms with van der Waals surface area (Å²) in [7, 11) is -1.97. The van der Waals surface area contributed by atoms with E-state index in [-0.39, 0.29) is 105 Å². The van der Waals surface area contributed by atoms with Gasteiger partial charge in [0.1, 0.15) is 114 Å². The van der Waals surface area contributed by atoms with E-state index in [0.717, 1.165) is 92.8 Å². The average Bonchev–Trinajstić information content (AvgIpc) is 0.757. The maximum atomic E-state index is 16.4. The van der Waals surface area contributed by atoms with Crippen LogP contribution >= 0.6 is 11.6 Å². The Labute approximate surface area is 664 Å². The largest absolute Gasteiger partial charge is 0.508 e. The number of benzene rings is 6. The molecule has 0 spiro atoms. The molecule has 8 amide bonds. The highest BCUT2D eigenvalue weighted by Gasteiger charge is 2.51. The smallest absolute Gasteiger partial charge is 0.264 e. The van der Waals surface area contributed by atoms with Crippen molar-refractivity contribution in [2.45, 2.75) is 162 Å². The standard InChI is InChI=1S/C79H91ClN10O24S/c1-33(2)18-49(82-4)72(100)88-64-66(95)38-7-14-53(34(3)19-38)111-55-27-42-28-56(71(55)114-79-70(99)69(98)68(97)57(32-81)113-79)112-54-15-8-39(26-48(54)80)67(96)65-78(106)87-63(76(104)84-60-40-21-35-20-36(23-40)24-41(60)22-35)47-29-43(91)30-52(93)59(47)46-25-37(6-13-51(46)92)61(74(102)89-65)86-75(103)62(42)85-73(101)50(83-77(64)105)31-58(94)90-115(107,108)45-11-9-44(10-12-45)110-17-16-109-5/h6-15,19,25-30,33,35-36,40-41,49-50,57,60-70,79,82,91-93,95-99H,16-18,20-24,31-32,81H2,1-5H3,(H,83,105)(H,84,104)(H,85,101)(H,86,103)(H,87,106)(H,88,100)(H,89,102)(H,90,94)/t35?,36?,40?,41?,49-,50+,57-,60?,61-,62-,63+,64-,65+,66-,67-,68-,69+,70-,79+/m1/s1. The van der Waals surface area contributed by atoms with E-state index < -0.39 is 200 Å². The van der Waals surface area contributed by atoms with Gasteiger partial charge in [0.25, 0.3) is 10.0 Å². The molecule has 6 aliphatic heterocycles. The van der Waals surface area contributed by atoms with Crippen LogP contribution in [0.4, 0.5) is 0 Å². The number of rotatable bonds is 18. The Balaban J connectivity index is 1.000. The van der Waals surface area contributed by atoms with Gasteiger partial charge in [0.15, 0.2) is 11.5 Å². The van der Waals surface area contributed by atoms with Crippen LogP contribution in [0.25, 0.3) is 11.1 Å². The zero-order chi connectivity index (χ0) is 82.3. The van der Waals surface area contributed by atoms with E-state index in [1.165, 1.54) is 63.5 Å². The fraction of sp³-hybridized carbons (Fsp3) is 0.443. The van der Waals surface area contributed by atoms with Gasteiger partial charge in [-0.25, -0.2) is 13.1 Å². The van der Waals surface area contributed by atoms with Crippen LogP contribution in [0.2, 0.25) is 5.02 Å². The molecule has 4 aliphatic carbocycles. The van der Waals surface area contributed by atoms with Crippen molar-refractivity contribution < 1.29 is 116 Å². The first-order chi connectivity index (χ1) is 54.8. The van der Waals surface area contributed by atoms with Crippen LogP contribution in [0.15, 0.2) is 108 Å². The number of carbonyl (C=O) groups is 8. The Bertz CT molecular complexity index is 4860. The number of amides is 8. The molecule has 4 saturated carbocycles. The topological polar surface area (TPSA) is 522 Å². The minimum absolute atomic E-state index is 0.0645. The van der Waals surface area contributed by atoms with Crippen molar-refractivity contribution in [1.29, 1.82) is 0 Å². The molecule has 34 nitrogen and oxygen atoms in total. The second kappa shape index (κ2) is 34.2. The number of aliphatic hydroxyl groups excluding tert-OH is 5. The van der Waals surface area contributed by atoms with E-state index in [1.54, 1.807) is 0 Å². The van der Waals surface area contributed by atoms with Crippen LogP contribution in [-0.4, -0.2) is 191 Å². The molecular weight excluding hydrogens is 1540 g/mol. The number of methoxy groups -OCH3 is 1. The van der Waals surface area contributed by atoms with Crippen LogP contribution in [0.5, 0.6) is 51.7 Å². The lowest BCUT2D eigenvalue weighted by Crippen LogP contribution is -2.60. The van der Waals surface area contributed by atoms with Gasteiger partial charge in [-0.2, -0.15) is 0 Å². The average molecular weight is 1630 g/mol. The number of aliphatic hydroxyl groups is 5. The number of sulfonamides is 1. The molecule has 614 valence electrons. The predicted molar refractivity (Wildman–Crippen MR) is 406 cm³/mol. The molecule has 0 aromatic heterocycles. The number of nitrogens with one attached hydrogen (secondary N) is 9. The highest BCUT2D eigenvalue weighted by Crippen LogP contribution is 2.55. The first-order valence-electron chi connectivity index (χ1n) is 37.6. The summed E-state index contributed by atoms with van der Waals surface area (Å²) in [6.07, 6.45) is -10.3. The molecular formula is C79H91ClN10O24S. The highest BCUT2D eigenvalue weighted by molar-refractivity contribution is 7.90.